The van der Waals surface area contributed by atoms with E-state index < -0.39 is 9.84 Å². The third-order valence-electron chi connectivity index (χ3n) is 4.03. The zero-order chi connectivity index (χ0) is 20.1. The number of thioether (sulfide) groups is 1. The van der Waals surface area contributed by atoms with Crippen molar-refractivity contribution in [2.45, 2.75) is 29.3 Å². The number of benzene rings is 2. The molecular formula is C19H18BrN3O3S2. The van der Waals surface area contributed by atoms with Gasteiger partial charge in [-0.2, -0.15) is 0 Å². The van der Waals surface area contributed by atoms with Crippen molar-refractivity contribution < 1.29 is 13.2 Å². The number of hydrogen-bond donors (Lipinski definition) is 0. The average molecular weight is 480 g/mol. The molecule has 0 atom stereocenters. The molecule has 0 unspecified atom stereocenters. The van der Waals surface area contributed by atoms with Gasteiger partial charge in [0.05, 0.1) is 10.6 Å². The maximum absolute atomic E-state index is 12.6. The molecule has 1 aromatic heterocycles. The summed E-state index contributed by atoms with van der Waals surface area (Å²) in [6.45, 7) is 2.41. The summed E-state index contributed by atoms with van der Waals surface area (Å²) in [6, 6.07) is 15.4. The Morgan fingerprint density at radius 2 is 1.75 bits per heavy atom. The minimum Gasteiger partial charge on any atom is -0.305 e. The van der Waals surface area contributed by atoms with Crippen LogP contribution >= 0.6 is 27.7 Å². The molecule has 0 aliphatic carbocycles. The first kappa shape index (κ1) is 20.8. The van der Waals surface area contributed by atoms with Crippen LogP contribution in [0.3, 0.4) is 0 Å². The molecule has 0 saturated heterocycles. The van der Waals surface area contributed by atoms with Crippen molar-refractivity contribution >= 4 is 43.3 Å². The Morgan fingerprint density at radius 1 is 1.07 bits per heavy atom. The van der Waals surface area contributed by atoms with Crippen molar-refractivity contribution in [3.63, 3.8) is 0 Å². The van der Waals surface area contributed by atoms with Crippen LogP contribution in [0.25, 0.3) is 0 Å². The first-order chi connectivity index (χ1) is 13.4. The quantitative estimate of drug-likeness (QED) is 0.358. The summed E-state index contributed by atoms with van der Waals surface area (Å²) in [7, 11) is -3.51. The van der Waals surface area contributed by atoms with E-state index in [1.807, 2.05) is 19.1 Å². The molecule has 0 aliphatic heterocycles. The van der Waals surface area contributed by atoms with Gasteiger partial charge in [0.25, 0.3) is 0 Å². The highest BCUT2D eigenvalue weighted by Crippen LogP contribution is 2.22. The van der Waals surface area contributed by atoms with Gasteiger partial charge in [-0.05, 0) is 31.2 Å². The lowest BCUT2D eigenvalue weighted by molar-refractivity contribution is 0.102. The third-order valence-corrected chi connectivity index (χ3v) is 7.15. The van der Waals surface area contributed by atoms with E-state index in [9.17, 15) is 13.2 Å². The third kappa shape index (κ3) is 4.89. The second kappa shape index (κ2) is 9.02. The van der Waals surface area contributed by atoms with Crippen molar-refractivity contribution in [1.29, 1.82) is 0 Å². The Bertz CT molecular complexity index is 1070. The number of carbonyl (C=O) groups is 1. The SMILES string of the molecule is CCn1c(CS(=O)(=O)c2ccccc2)nnc1SCC(=O)c1ccc(Br)cc1. The van der Waals surface area contributed by atoms with Gasteiger partial charge >= 0.3 is 0 Å². The zero-order valence-corrected chi connectivity index (χ0v) is 18.3. The Morgan fingerprint density at radius 3 is 2.39 bits per heavy atom. The Balaban J connectivity index is 1.73. The highest BCUT2D eigenvalue weighted by Gasteiger charge is 2.21. The fourth-order valence-electron chi connectivity index (χ4n) is 2.58. The van der Waals surface area contributed by atoms with Crippen LogP contribution in [0, 0.1) is 0 Å². The van der Waals surface area contributed by atoms with Crippen LogP contribution in [0.5, 0.6) is 0 Å². The summed E-state index contributed by atoms with van der Waals surface area (Å²) < 4.78 is 27.9. The molecule has 2 aromatic carbocycles. The van der Waals surface area contributed by atoms with Crippen LogP contribution in [0.1, 0.15) is 23.1 Å². The highest BCUT2D eigenvalue weighted by molar-refractivity contribution is 9.10. The summed E-state index contributed by atoms with van der Waals surface area (Å²) in [6.07, 6.45) is 0. The van der Waals surface area contributed by atoms with Gasteiger partial charge in [-0.25, -0.2) is 8.42 Å². The Kier molecular flexibility index (Phi) is 6.69. The second-order valence-electron chi connectivity index (χ2n) is 5.93. The van der Waals surface area contributed by atoms with Gasteiger partial charge in [-0.1, -0.05) is 58.0 Å². The second-order valence-corrected chi connectivity index (χ2v) is 9.78. The number of carbonyl (C=O) groups excluding carboxylic acids is 1. The monoisotopic (exact) mass is 479 g/mol. The summed E-state index contributed by atoms with van der Waals surface area (Å²) >= 11 is 4.60. The van der Waals surface area contributed by atoms with Crippen LogP contribution in [0.2, 0.25) is 0 Å². The summed E-state index contributed by atoms with van der Waals surface area (Å²) in [5.41, 5.74) is 0.616. The topological polar surface area (TPSA) is 81.9 Å². The first-order valence-corrected chi connectivity index (χ1v) is 11.9. The number of Topliss-reactive ketones (excluding diaryl/α,β-unsaturated/α-hetero) is 1. The number of hydrogen-bond acceptors (Lipinski definition) is 6. The number of sulfone groups is 1. The molecule has 0 aliphatic rings. The molecule has 3 aromatic rings. The van der Waals surface area contributed by atoms with Crippen molar-refractivity contribution in [2.24, 2.45) is 0 Å². The van der Waals surface area contributed by atoms with E-state index in [1.54, 1.807) is 47.0 Å². The zero-order valence-electron chi connectivity index (χ0n) is 15.1. The minimum absolute atomic E-state index is 0.0263. The van der Waals surface area contributed by atoms with Crippen LogP contribution in [0.15, 0.2) is 69.1 Å². The lowest BCUT2D eigenvalue weighted by Gasteiger charge is -2.08. The van der Waals surface area contributed by atoms with Crippen LogP contribution in [0.4, 0.5) is 0 Å². The van der Waals surface area contributed by atoms with Crippen molar-refractivity contribution in [3.05, 3.63) is 70.5 Å². The molecule has 0 fully saturated rings. The lowest BCUT2D eigenvalue weighted by Crippen LogP contribution is -2.11. The van der Waals surface area contributed by atoms with E-state index in [-0.39, 0.29) is 22.2 Å². The normalized spacial score (nSPS) is 11.5. The molecular weight excluding hydrogens is 462 g/mol. The maximum atomic E-state index is 12.6. The van der Waals surface area contributed by atoms with Crippen LogP contribution in [-0.2, 0) is 22.1 Å². The van der Waals surface area contributed by atoms with E-state index >= 15 is 0 Å². The number of halogens is 1. The molecule has 0 radical (unpaired) electrons. The Labute approximate surface area is 176 Å². The number of aromatic nitrogens is 3. The average Bonchev–Trinajstić information content (AvgIpc) is 3.08. The van der Waals surface area contributed by atoms with Crippen molar-refractivity contribution in [1.82, 2.24) is 14.8 Å². The standard InChI is InChI=1S/C19H18BrN3O3S2/c1-2-23-18(13-28(25,26)16-6-4-3-5-7-16)21-22-19(23)27-12-17(24)14-8-10-15(20)11-9-14/h3-11H,2,12-13H2,1H3. The molecule has 28 heavy (non-hydrogen) atoms. The summed E-state index contributed by atoms with van der Waals surface area (Å²) in [5, 5.41) is 8.69. The molecule has 3 rings (SSSR count). The van der Waals surface area contributed by atoms with Gasteiger partial charge in [0.1, 0.15) is 11.6 Å². The van der Waals surface area contributed by atoms with Gasteiger partial charge in [0.15, 0.2) is 20.8 Å². The van der Waals surface area contributed by atoms with Crippen molar-refractivity contribution in [2.75, 3.05) is 5.75 Å². The molecule has 1 heterocycles. The molecule has 6 nitrogen and oxygen atoms in total. The predicted molar refractivity (Wildman–Crippen MR) is 112 cm³/mol. The molecule has 0 N–H and O–H groups in total. The maximum Gasteiger partial charge on any atom is 0.191 e. The van der Waals surface area contributed by atoms with Gasteiger partial charge in [0, 0.05) is 16.6 Å². The first-order valence-electron chi connectivity index (χ1n) is 8.52. The van der Waals surface area contributed by atoms with Crippen LogP contribution in [-0.4, -0.2) is 34.7 Å². The van der Waals surface area contributed by atoms with Gasteiger partial charge < -0.3 is 4.57 Å². The highest BCUT2D eigenvalue weighted by atomic mass is 79.9. The molecule has 0 saturated carbocycles. The fraction of sp³-hybridized carbons (Fsp3) is 0.211. The van der Waals surface area contributed by atoms with Gasteiger partial charge in [-0.3, -0.25) is 4.79 Å². The summed E-state index contributed by atoms with van der Waals surface area (Å²) in [4.78, 5) is 12.6. The fourth-order valence-corrected chi connectivity index (χ4v) is 5.05. The van der Waals surface area contributed by atoms with Gasteiger partial charge in [0.2, 0.25) is 0 Å². The number of nitrogens with zero attached hydrogens (tertiary/aromatic N) is 3. The smallest absolute Gasteiger partial charge is 0.191 e. The number of rotatable bonds is 8. The molecule has 146 valence electrons. The van der Waals surface area contributed by atoms with Crippen LogP contribution < -0.4 is 0 Å². The van der Waals surface area contributed by atoms with Gasteiger partial charge in [-0.15, -0.1) is 10.2 Å². The van der Waals surface area contributed by atoms with E-state index in [1.165, 1.54) is 11.8 Å². The largest absolute Gasteiger partial charge is 0.305 e. The number of ketones is 1. The lowest BCUT2D eigenvalue weighted by atomic mass is 10.2. The summed E-state index contributed by atoms with van der Waals surface area (Å²) in [5.74, 6) is 0.302. The minimum atomic E-state index is -3.51. The van der Waals surface area contributed by atoms with Crippen molar-refractivity contribution in [3.8, 4) is 0 Å². The van der Waals surface area contributed by atoms with E-state index in [4.69, 9.17) is 0 Å². The molecule has 0 spiro atoms. The Hall–Kier alpha value is -1.97. The predicted octanol–water partition coefficient (Wildman–Crippen LogP) is 4.01. The molecule has 0 bridgehead atoms. The van der Waals surface area contributed by atoms with E-state index in [0.717, 1.165) is 4.47 Å². The van der Waals surface area contributed by atoms with E-state index in [2.05, 4.69) is 26.1 Å². The molecule has 9 heteroatoms. The molecule has 0 amide bonds. The van der Waals surface area contributed by atoms with E-state index in [0.29, 0.717) is 23.1 Å².